The third-order valence-corrected chi connectivity index (χ3v) is 3.68. The standard InChI is InChI=1S/C14H15BrN2/c1-9-8-11(6-7-13(9)16)17-14-5-3-4-12(15)10(14)2/h3-8,17H,16H2,1-2H3. The van der Waals surface area contributed by atoms with Crippen LogP contribution in [0.2, 0.25) is 0 Å². The van der Waals surface area contributed by atoms with Gasteiger partial charge in [-0.3, -0.25) is 0 Å². The third-order valence-electron chi connectivity index (χ3n) is 2.82. The van der Waals surface area contributed by atoms with Crippen LogP contribution in [-0.4, -0.2) is 0 Å². The molecule has 0 heterocycles. The van der Waals surface area contributed by atoms with Crippen LogP contribution >= 0.6 is 15.9 Å². The van der Waals surface area contributed by atoms with Gasteiger partial charge in [-0.1, -0.05) is 22.0 Å². The van der Waals surface area contributed by atoms with Crippen LogP contribution in [0.3, 0.4) is 0 Å². The van der Waals surface area contributed by atoms with E-state index in [-0.39, 0.29) is 0 Å². The van der Waals surface area contributed by atoms with E-state index >= 15 is 0 Å². The van der Waals surface area contributed by atoms with Crippen LogP contribution in [0.4, 0.5) is 17.1 Å². The monoisotopic (exact) mass is 290 g/mol. The number of benzene rings is 2. The second-order valence-corrected chi connectivity index (χ2v) is 4.96. The van der Waals surface area contributed by atoms with Crippen molar-refractivity contribution in [2.45, 2.75) is 13.8 Å². The van der Waals surface area contributed by atoms with Crippen LogP contribution in [0.1, 0.15) is 11.1 Å². The summed E-state index contributed by atoms with van der Waals surface area (Å²) in [5.41, 5.74) is 11.1. The zero-order valence-electron chi connectivity index (χ0n) is 9.92. The second kappa shape index (κ2) is 4.80. The van der Waals surface area contributed by atoms with Gasteiger partial charge in [0.1, 0.15) is 0 Å². The van der Waals surface area contributed by atoms with E-state index in [0.717, 1.165) is 27.1 Å². The Hall–Kier alpha value is -1.48. The lowest BCUT2D eigenvalue weighted by Gasteiger charge is -2.12. The van der Waals surface area contributed by atoms with Crippen molar-refractivity contribution >= 4 is 33.0 Å². The first kappa shape index (κ1) is 12.0. The maximum absolute atomic E-state index is 5.80. The van der Waals surface area contributed by atoms with Crippen molar-refractivity contribution in [1.82, 2.24) is 0 Å². The fourth-order valence-electron chi connectivity index (χ4n) is 1.65. The number of nitrogens with two attached hydrogens (primary N) is 1. The van der Waals surface area contributed by atoms with Crippen LogP contribution in [0.25, 0.3) is 0 Å². The van der Waals surface area contributed by atoms with Crippen molar-refractivity contribution in [3.05, 3.63) is 52.0 Å². The molecule has 0 radical (unpaired) electrons. The first-order valence-corrected chi connectivity index (χ1v) is 6.25. The molecule has 2 aromatic rings. The molecule has 0 saturated heterocycles. The molecule has 0 spiro atoms. The highest BCUT2D eigenvalue weighted by Crippen LogP contribution is 2.27. The average molecular weight is 291 g/mol. The molecule has 0 atom stereocenters. The number of halogens is 1. The molecule has 2 aromatic carbocycles. The minimum Gasteiger partial charge on any atom is -0.399 e. The van der Waals surface area contributed by atoms with Crippen LogP contribution < -0.4 is 11.1 Å². The molecule has 3 N–H and O–H groups in total. The van der Waals surface area contributed by atoms with Gasteiger partial charge in [0.05, 0.1) is 0 Å². The van der Waals surface area contributed by atoms with Crippen molar-refractivity contribution in [1.29, 1.82) is 0 Å². The SMILES string of the molecule is Cc1cc(Nc2cccc(Br)c2C)ccc1N. The quantitative estimate of drug-likeness (QED) is 0.805. The molecular formula is C14H15BrN2. The fraction of sp³-hybridized carbons (Fsp3) is 0.143. The van der Waals surface area contributed by atoms with Gasteiger partial charge in [0.15, 0.2) is 0 Å². The summed E-state index contributed by atoms with van der Waals surface area (Å²) in [6.07, 6.45) is 0. The molecule has 0 aliphatic heterocycles. The van der Waals surface area contributed by atoms with Crippen molar-refractivity contribution in [2.75, 3.05) is 11.1 Å². The largest absolute Gasteiger partial charge is 0.399 e. The Labute approximate surface area is 110 Å². The van der Waals surface area contributed by atoms with Gasteiger partial charge in [0.2, 0.25) is 0 Å². The molecule has 0 aliphatic carbocycles. The highest BCUT2D eigenvalue weighted by atomic mass is 79.9. The predicted molar refractivity (Wildman–Crippen MR) is 77.8 cm³/mol. The number of nitrogens with one attached hydrogen (secondary N) is 1. The van der Waals surface area contributed by atoms with Crippen LogP contribution in [-0.2, 0) is 0 Å². The molecule has 0 amide bonds. The summed E-state index contributed by atoms with van der Waals surface area (Å²) >= 11 is 3.53. The lowest BCUT2D eigenvalue weighted by Crippen LogP contribution is -1.96. The van der Waals surface area contributed by atoms with E-state index in [1.54, 1.807) is 0 Å². The number of hydrogen-bond donors (Lipinski definition) is 2. The summed E-state index contributed by atoms with van der Waals surface area (Å²) in [6, 6.07) is 12.1. The zero-order valence-corrected chi connectivity index (χ0v) is 11.5. The molecule has 0 saturated carbocycles. The fourth-order valence-corrected chi connectivity index (χ4v) is 2.02. The van der Waals surface area contributed by atoms with Gasteiger partial charge < -0.3 is 11.1 Å². The minimum absolute atomic E-state index is 0.821. The summed E-state index contributed by atoms with van der Waals surface area (Å²) in [5.74, 6) is 0. The van der Waals surface area contributed by atoms with Crippen molar-refractivity contribution in [3.8, 4) is 0 Å². The number of nitrogen functional groups attached to an aromatic ring is 1. The summed E-state index contributed by atoms with van der Waals surface area (Å²) < 4.78 is 1.11. The van der Waals surface area contributed by atoms with E-state index in [9.17, 15) is 0 Å². The summed E-state index contributed by atoms with van der Waals surface area (Å²) in [5, 5.41) is 3.40. The summed E-state index contributed by atoms with van der Waals surface area (Å²) in [6.45, 7) is 4.09. The van der Waals surface area contributed by atoms with E-state index in [1.807, 2.05) is 31.2 Å². The predicted octanol–water partition coefficient (Wildman–Crippen LogP) is 4.39. The van der Waals surface area contributed by atoms with E-state index in [4.69, 9.17) is 5.73 Å². The Morgan fingerprint density at radius 2 is 1.88 bits per heavy atom. The lowest BCUT2D eigenvalue weighted by atomic mass is 10.1. The Bertz CT molecular complexity index is 550. The van der Waals surface area contributed by atoms with Crippen LogP contribution in [0, 0.1) is 13.8 Å². The first-order chi connectivity index (χ1) is 8.08. The van der Waals surface area contributed by atoms with E-state index in [0.29, 0.717) is 0 Å². The van der Waals surface area contributed by atoms with E-state index in [1.165, 1.54) is 5.56 Å². The molecule has 17 heavy (non-hydrogen) atoms. The van der Waals surface area contributed by atoms with Crippen molar-refractivity contribution in [2.24, 2.45) is 0 Å². The molecule has 0 unspecified atom stereocenters. The highest BCUT2D eigenvalue weighted by molar-refractivity contribution is 9.10. The Kier molecular flexibility index (Phi) is 3.38. The smallest absolute Gasteiger partial charge is 0.0425 e. The maximum Gasteiger partial charge on any atom is 0.0425 e. The van der Waals surface area contributed by atoms with Crippen LogP contribution in [0.5, 0.6) is 0 Å². The Balaban J connectivity index is 2.31. The van der Waals surface area contributed by atoms with Gasteiger partial charge >= 0.3 is 0 Å². The first-order valence-electron chi connectivity index (χ1n) is 5.46. The van der Waals surface area contributed by atoms with E-state index in [2.05, 4.69) is 40.3 Å². The van der Waals surface area contributed by atoms with Crippen LogP contribution in [0.15, 0.2) is 40.9 Å². The highest BCUT2D eigenvalue weighted by Gasteiger charge is 2.02. The molecule has 0 fully saturated rings. The summed E-state index contributed by atoms with van der Waals surface area (Å²) in [4.78, 5) is 0. The van der Waals surface area contributed by atoms with Gasteiger partial charge in [-0.25, -0.2) is 0 Å². The topological polar surface area (TPSA) is 38.0 Å². The normalized spacial score (nSPS) is 10.3. The van der Waals surface area contributed by atoms with Crippen molar-refractivity contribution in [3.63, 3.8) is 0 Å². The zero-order chi connectivity index (χ0) is 12.4. The summed E-state index contributed by atoms with van der Waals surface area (Å²) in [7, 11) is 0. The Morgan fingerprint density at radius 3 is 2.59 bits per heavy atom. The second-order valence-electron chi connectivity index (χ2n) is 4.11. The van der Waals surface area contributed by atoms with E-state index < -0.39 is 0 Å². The molecule has 2 nitrogen and oxygen atoms in total. The average Bonchev–Trinajstić information content (AvgIpc) is 2.30. The molecule has 0 aliphatic rings. The van der Waals surface area contributed by atoms with Gasteiger partial charge in [0.25, 0.3) is 0 Å². The molecule has 0 aromatic heterocycles. The Morgan fingerprint density at radius 1 is 1.12 bits per heavy atom. The van der Waals surface area contributed by atoms with Gasteiger partial charge in [-0.15, -0.1) is 0 Å². The minimum atomic E-state index is 0.821. The molecule has 2 rings (SSSR count). The third kappa shape index (κ3) is 2.61. The number of rotatable bonds is 2. The lowest BCUT2D eigenvalue weighted by molar-refractivity contribution is 1.39. The number of aryl methyl sites for hydroxylation is 1. The number of anilines is 3. The van der Waals surface area contributed by atoms with Gasteiger partial charge in [-0.05, 0) is 55.3 Å². The van der Waals surface area contributed by atoms with Gasteiger partial charge in [-0.2, -0.15) is 0 Å². The number of hydrogen-bond acceptors (Lipinski definition) is 2. The molecular weight excluding hydrogens is 276 g/mol. The maximum atomic E-state index is 5.80. The van der Waals surface area contributed by atoms with Crippen molar-refractivity contribution < 1.29 is 0 Å². The molecule has 88 valence electrons. The molecule has 3 heteroatoms. The van der Waals surface area contributed by atoms with Gasteiger partial charge in [0, 0.05) is 21.5 Å². The molecule has 0 bridgehead atoms.